The molecule has 11 heavy (non-hydrogen) atoms. The highest BCUT2D eigenvalue weighted by Crippen LogP contribution is 2.16. The van der Waals surface area contributed by atoms with Crippen molar-refractivity contribution in [1.82, 2.24) is 0 Å². The van der Waals surface area contributed by atoms with Gasteiger partial charge in [0.05, 0.1) is 0 Å². The summed E-state index contributed by atoms with van der Waals surface area (Å²) >= 11 is 0. The fraction of sp³-hybridized carbons (Fsp3) is 0.500. The Labute approximate surface area is 67.8 Å². The van der Waals surface area contributed by atoms with E-state index in [9.17, 15) is 4.79 Å². The summed E-state index contributed by atoms with van der Waals surface area (Å²) in [4.78, 5) is 11.0. The van der Waals surface area contributed by atoms with Crippen molar-refractivity contribution >= 4 is 5.78 Å². The van der Waals surface area contributed by atoms with E-state index in [-0.39, 0.29) is 0 Å². The Bertz CT molecular complexity index is 189. The Hall–Kier alpha value is -0.850. The van der Waals surface area contributed by atoms with Crippen molar-refractivity contribution in [2.75, 3.05) is 0 Å². The molecule has 0 N–H and O–H groups in total. The van der Waals surface area contributed by atoms with Crippen LogP contribution in [0.4, 0.5) is 0 Å². The minimum absolute atomic E-state index is 0.370. The van der Waals surface area contributed by atoms with Crippen LogP contribution >= 0.6 is 0 Å². The quantitative estimate of drug-likeness (QED) is 0.604. The largest absolute Gasteiger partial charge is 0.300 e. The van der Waals surface area contributed by atoms with Crippen LogP contribution in [0.25, 0.3) is 0 Å². The molecule has 1 atom stereocenters. The van der Waals surface area contributed by atoms with Crippen molar-refractivity contribution in [1.29, 1.82) is 0 Å². The maximum Gasteiger partial charge on any atom is 0.133 e. The van der Waals surface area contributed by atoms with Gasteiger partial charge in [0, 0.05) is 12.8 Å². The van der Waals surface area contributed by atoms with Crippen molar-refractivity contribution in [2.45, 2.75) is 26.2 Å². The molecule has 60 valence electrons. The molecule has 0 saturated carbocycles. The van der Waals surface area contributed by atoms with Crippen molar-refractivity contribution < 1.29 is 4.79 Å². The monoisotopic (exact) mass is 150 g/mol. The Balaban J connectivity index is 2.33. The summed E-state index contributed by atoms with van der Waals surface area (Å²) in [5, 5.41) is 0. The van der Waals surface area contributed by atoms with Gasteiger partial charge in [-0.25, -0.2) is 0 Å². The van der Waals surface area contributed by atoms with Gasteiger partial charge in [-0.2, -0.15) is 0 Å². The van der Waals surface area contributed by atoms with E-state index in [0.717, 1.165) is 12.8 Å². The van der Waals surface area contributed by atoms with E-state index in [1.165, 1.54) is 0 Å². The highest BCUT2D eigenvalue weighted by atomic mass is 16.1. The molecule has 0 fully saturated rings. The molecule has 0 heterocycles. The number of allylic oxidation sites excluding steroid dienone is 4. The second-order valence-corrected chi connectivity index (χ2v) is 2.91. The number of carbonyl (C=O) groups excluding carboxylic acids is 1. The summed E-state index contributed by atoms with van der Waals surface area (Å²) in [5.41, 5.74) is 0. The molecular formula is C10H14O. The number of carbonyl (C=O) groups is 1. The van der Waals surface area contributed by atoms with Gasteiger partial charge < -0.3 is 0 Å². The fourth-order valence-corrected chi connectivity index (χ4v) is 1.22. The van der Waals surface area contributed by atoms with Crippen molar-refractivity contribution in [3.8, 4) is 0 Å². The maximum absolute atomic E-state index is 11.0. The van der Waals surface area contributed by atoms with E-state index in [1.54, 1.807) is 0 Å². The van der Waals surface area contributed by atoms with Gasteiger partial charge in [-0.15, -0.1) is 0 Å². The molecule has 0 aromatic carbocycles. The fourth-order valence-electron chi connectivity index (χ4n) is 1.22. The van der Waals surface area contributed by atoms with Crippen LogP contribution in [0.1, 0.15) is 26.2 Å². The molecule has 0 spiro atoms. The molecule has 0 aromatic heterocycles. The van der Waals surface area contributed by atoms with Gasteiger partial charge in [0.2, 0.25) is 0 Å². The SMILES string of the molecule is CCC(=O)CC1C=CC=CC1. The minimum atomic E-state index is 0.370. The molecule has 1 heteroatoms. The molecule has 0 radical (unpaired) electrons. The van der Waals surface area contributed by atoms with Crippen molar-refractivity contribution in [3.05, 3.63) is 24.3 Å². The first kappa shape index (κ1) is 8.25. The lowest BCUT2D eigenvalue weighted by atomic mass is 9.94. The molecule has 0 bridgehead atoms. The predicted molar refractivity (Wildman–Crippen MR) is 46.3 cm³/mol. The molecule has 1 aliphatic carbocycles. The molecule has 0 aromatic rings. The molecule has 1 rings (SSSR count). The van der Waals surface area contributed by atoms with Gasteiger partial charge >= 0.3 is 0 Å². The Morgan fingerprint density at radius 3 is 2.91 bits per heavy atom. The van der Waals surface area contributed by atoms with Gasteiger partial charge in [-0.05, 0) is 12.3 Å². The molecule has 0 aliphatic heterocycles. The zero-order chi connectivity index (χ0) is 8.10. The van der Waals surface area contributed by atoms with Crippen LogP contribution in [-0.4, -0.2) is 5.78 Å². The van der Waals surface area contributed by atoms with Crippen LogP contribution in [0.15, 0.2) is 24.3 Å². The lowest BCUT2D eigenvalue weighted by Crippen LogP contribution is -2.05. The topological polar surface area (TPSA) is 17.1 Å². The van der Waals surface area contributed by atoms with Crippen molar-refractivity contribution in [2.24, 2.45) is 5.92 Å². The Kier molecular flexibility index (Phi) is 3.09. The summed E-state index contributed by atoms with van der Waals surface area (Å²) in [7, 11) is 0. The molecule has 1 aliphatic rings. The molecule has 0 amide bonds. The van der Waals surface area contributed by atoms with E-state index in [4.69, 9.17) is 0 Å². The summed E-state index contributed by atoms with van der Waals surface area (Å²) in [6.45, 7) is 1.92. The minimum Gasteiger partial charge on any atom is -0.300 e. The maximum atomic E-state index is 11.0. The average Bonchev–Trinajstić information content (AvgIpc) is 2.06. The first-order valence-corrected chi connectivity index (χ1v) is 4.18. The molecular weight excluding hydrogens is 136 g/mol. The zero-order valence-corrected chi connectivity index (χ0v) is 6.92. The van der Waals surface area contributed by atoms with Crippen LogP contribution < -0.4 is 0 Å². The van der Waals surface area contributed by atoms with E-state index < -0.39 is 0 Å². The van der Waals surface area contributed by atoms with Crippen LogP contribution in [0, 0.1) is 5.92 Å². The number of hydrogen-bond acceptors (Lipinski definition) is 1. The Morgan fingerprint density at radius 2 is 2.36 bits per heavy atom. The van der Waals surface area contributed by atoms with E-state index in [0.29, 0.717) is 18.1 Å². The summed E-state index contributed by atoms with van der Waals surface area (Å²) in [6.07, 6.45) is 10.7. The summed E-state index contributed by atoms with van der Waals surface area (Å²) in [6, 6.07) is 0. The third-order valence-corrected chi connectivity index (χ3v) is 1.95. The van der Waals surface area contributed by atoms with Gasteiger partial charge in [0.25, 0.3) is 0 Å². The van der Waals surface area contributed by atoms with Crippen LogP contribution in [0.3, 0.4) is 0 Å². The van der Waals surface area contributed by atoms with Gasteiger partial charge in [-0.1, -0.05) is 31.2 Å². The first-order valence-electron chi connectivity index (χ1n) is 4.18. The number of ketones is 1. The third-order valence-electron chi connectivity index (χ3n) is 1.95. The van der Waals surface area contributed by atoms with Crippen LogP contribution in [0.5, 0.6) is 0 Å². The predicted octanol–water partition coefficient (Wildman–Crippen LogP) is 2.49. The lowest BCUT2D eigenvalue weighted by molar-refractivity contribution is -0.119. The second-order valence-electron chi connectivity index (χ2n) is 2.91. The molecule has 0 saturated heterocycles. The summed E-state index contributed by atoms with van der Waals surface area (Å²) in [5.74, 6) is 0.836. The number of Topliss-reactive ketones (excluding diaryl/α,β-unsaturated/α-hetero) is 1. The highest BCUT2D eigenvalue weighted by molar-refractivity contribution is 5.78. The first-order chi connectivity index (χ1) is 5.33. The smallest absolute Gasteiger partial charge is 0.133 e. The third kappa shape index (κ3) is 2.71. The highest BCUT2D eigenvalue weighted by Gasteiger charge is 2.08. The van der Waals surface area contributed by atoms with Crippen LogP contribution in [-0.2, 0) is 4.79 Å². The van der Waals surface area contributed by atoms with E-state index in [1.807, 2.05) is 19.1 Å². The van der Waals surface area contributed by atoms with Gasteiger partial charge in [-0.3, -0.25) is 4.79 Å². The molecule has 1 unspecified atom stereocenters. The van der Waals surface area contributed by atoms with Crippen molar-refractivity contribution in [3.63, 3.8) is 0 Å². The Morgan fingerprint density at radius 1 is 1.55 bits per heavy atom. The second kappa shape index (κ2) is 4.12. The lowest BCUT2D eigenvalue weighted by Gasteiger charge is -2.10. The van der Waals surface area contributed by atoms with Gasteiger partial charge in [0.15, 0.2) is 0 Å². The standard InChI is InChI=1S/C10H14O/c1-2-10(11)8-9-6-4-3-5-7-9/h3-6,9H,2,7-8H2,1H3. The van der Waals surface area contributed by atoms with E-state index in [2.05, 4.69) is 12.2 Å². The normalized spacial score (nSPS) is 22.1. The van der Waals surface area contributed by atoms with E-state index >= 15 is 0 Å². The van der Waals surface area contributed by atoms with Crippen LogP contribution in [0.2, 0.25) is 0 Å². The molecule has 1 nitrogen and oxygen atoms in total. The number of hydrogen-bond donors (Lipinski definition) is 0. The number of rotatable bonds is 3. The average molecular weight is 150 g/mol. The van der Waals surface area contributed by atoms with Gasteiger partial charge in [0.1, 0.15) is 5.78 Å². The summed E-state index contributed by atoms with van der Waals surface area (Å²) < 4.78 is 0. The zero-order valence-electron chi connectivity index (χ0n) is 6.92.